The van der Waals surface area contributed by atoms with Crippen molar-refractivity contribution >= 4 is 23.3 Å². The molecule has 0 atom stereocenters. The molecule has 1 aromatic rings. The van der Waals surface area contributed by atoms with Crippen LogP contribution < -0.4 is 0 Å². The van der Waals surface area contributed by atoms with Gasteiger partial charge in [-0.05, 0) is 13.0 Å². The molecule has 0 unspecified atom stereocenters. The third-order valence-corrected chi connectivity index (χ3v) is 2.06. The van der Waals surface area contributed by atoms with Gasteiger partial charge in [0.25, 0.3) is 0 Å². The summed E-state index contributed by atoms with van der Waals surface area (Å²) in [6.07, 6.45) is 1.12. The molecule has 0 aliphatic rings. The van der Waals surface area contributed by atoms with Gasteiger partial charge in [-0.25, -0.2) is 4.98 Å². The van der Waals surface area contributed by atoms with Gasteiger partial charge in [-0.1, -0.05) is 11.6 Å². The van der Waals surface area contributed by atoms with Crippen molar-refractivity contribution in [2.24, 2.45) is 0 Å². The number of ether oxygens (including phenoxy) is 1. The maximum Gasteiger partial charge on any atom is 0.310 e. The minimum Gasteiger partial charge on any atom is -0.466 e. The Kier molecular flexibility index (Phi) is 4.19. The predicted molar refractivity (Wildman–Crippen MR) is 56.2 cm³/mol. The summed E-state index contributed by atoms with van der Waals surface area (Å²) in [5.41, 5.74) is -0.152. The molecule has 7 heteroatoms. The molecule has 6 nitrogen and oxygen atoms in total. The van der Waals surface area contributed by atoms with E-state index in [1.807, 2.05) is 0 Å². The molecule has 0 aromatic carbocycles. The SMILES string of the molecule is CCOC(=O)Cc1ccnc(Cl)c1[N+](=O)[O-]. The van der Waals surface area contributed by atoms with E-state index in [1.54, 1.807) is 6.92 Å². The molecule has 0 saturated carbocycles. The lowest BCUT2D eigenvalue weighted by Crippen LogP contribution is -2.09. The lowest BCUT2D eigenvalue weighted by atomic mass is 10.1. The molecule has 1 rings (SSSR count). The minimum absolute atomic E-state index is 0.188. The molecule has 86 valence electrons. The smallest absolute Gasteiger partial charge is 0.310 e. The topological polar surface area (TPSA) is 82.3 Å². The molecular weight excluding hydrogens is 236 g/mol. The highest BCUT2D eigenvalue weighted by molar-refractivity contribution is 6.31. The number of rotatable bonds is 4. The zero-order valence-corrected chi connectivity index (χ0v) is 9.23. The summed E-state index contributed by atoms with van der Waals surface area (Å²) < 4.78 is 4.70. The van der Waals surface area contributed by atoms with Crippen molar-refractivity contribution in [3.05, 3.63) is 33.1 Å². The Morgan fingerprint density at radius 1 is 1.69 bits per heavy atom. The van der Waals surface area contributed by atoms with Crippen molar-refractivity contribution in [3.63, 3.8) is 0 Å². The lowest BCUT2D eigenvalue weighted by molar-refractivity contribution is -0.385. The summed E-state index contributed by atoms with van der Waals surface area (Å²) in [6.45, 7) is 1.89. The van der Waals surface area contributed by atoms with Gasteiger partial charge in [0.1, 0.15) is 0 Å². The fourth-order valence-corrected chi connectivity index (χ4v) is 1.41. The van der Waals surface area contributed by atoms with Crippen LogP contribution in [-0.2, 0) is 16.0 Å². The Morgan fingerprint density at radius 2 is 2.38 bits per heavy atom. The van der Waals surface area contributed by atoms with Crippen molar-refractivity contribution in [1.29, 1.82) is 0 Å². The average molecular weight is 245 g/mol. The largest absolute Gasteiger partial charge is 0.466 e. The number of nitro groups is 1. The van der Waals surface area contributed by atoms with Crippen LogP contribution in [0.4, 0.5) is 5.69 Å². The maximum absolute atomic E-state index is 11.2. The maximum atomic E-state index is 11.2. The van der Waals surface area contributed by atoms with Crippen LogP contribution in [0.2, 0.25) is 5.15 Å². The summed E-state index contributed by atoms with van der Waals surface area (Å²) in [6, 6.07) is 1.38. The van der Waals surface area contributed by atoms with E-state index in [0.717, 1.165) is 0 Å². The van der Waals surface area contributed by atoms with Gasteiger partial charge >= 0.3 is 11.7 Å². The third kappa shape index (κ3) is 2.90. The second kappa shape index (κ2) is 5.41. The van der Waals surface area contributed by atoms with E-state index in [1.165, 1.54) is 12.3 Å². The summed E-state index contributed by atoms with van der Waals surface area (Å²) in [7, 11) is 0. The van der Waals surface area contributed by atoms with Gasteiger partial charge in [-0.2, -0.15) is 0 Å². The van der Waals surface area contributed by atoms with Gasteiger partial charge < -0.3 is 4.74 Å². The Labute approximate surface area is 96.3 Å². The van der Waals surface area contributed by atoms with Crippen LogP contribution in [0.1, 0.15) is 12.5 Å². The van der Waals surface area contributed by atoms with E-state index in [4.69, 9.17) is 16.3 Å². The van der Waals surface area contributed by atoms with Gasteiger partial charge in [0.05, 0.1) is 18.0 Å². The third-order valence-electron chi connectivity index (χ3n) is 1.79. The second-order valence-corrected chi connectivity index (χ2v) is 3.21. The molecule has 0 N–H and O–H groups in total. The average Bonchev–Trinajstić information content (AvgIpc) is 2.17. The summed E-state index contributed by atoms with van der Waals surface area (Å²) in [5.74, 6) is -0.534. The quantitative estimate of drug-likeness (QED) is 0.349. The van der Waals surface area contributed by atoms with Crippen LogP contribution in [-0.4, -0.2) is 22.5 Å². The molecule has 0 radical (unpaired) electrons. The van der Waals surface area contributed by atoms with E-state index in [-0.39, 0.29) is 29.4 Å². The predicted octanol–water partition coefficient (Wildman–Crippen LogP) is 1.75. The Balaban J connectivity index is 3.00. The first-order valence-electron chi connectivity index (χ1n) is 4.49. The Hall–Kier alpha value is -1.69. The van der Waals surface area contributed by atoms with E-state index < -0.39 is 10.9 Å². The van der Waals surface area contributed by atoms with Crippen molar-refractivity contribution < 1.29 is 14.5 Å². The fourth-order valence-electron chi connectivity index (χ4n) is 1.17. The zero-order chi connectivity index (χ0) is 12.1. The number of aromatic nitrogens is 1. The highest BCUT2D eigenvalue weighted by Gasteiger charge is 2.21. The van der Waals surface area contributed by atoms with Gasteiger partial charge in [0, 0.05) is 11.8 Å². The molecule has 0 aliphatic carbocycles. The highest BCUT2D eigenvalue weighted by Crippen LogP contribution is 2.26. The molecule has 0 amide bonds. The molecule has 0 fully saturated rings. The number of carbonyl (C=O) groups is 1. The first-order chi connectivity index (χ1) is 7.56. The highest BCUT2D eigenvalue weighted by atomic mass is 35.5. The van der Waals surface area contributed by atoms with Crippen LogP contribution in [0.3, 0.4) is 0 Å². The van der Waals surface area contributed by atoms with Crippen LogP contribution >= 0.6 is 11.6 Å². The summed E-state index contributed by atoms with van der Waals surface area (Å²) in [5, 5.41) is 10.5. The lowest BCUT2D eigenvalue weighted by Gasteiger charge is -2.03. The van der Waals surface area contributed by atoms with Gasteiger partial charge in [-0.3, -0.25) is 14.9 Å². The minimum atomic E-state index is -0.663. The molecule has 16 heavy (non-hydrogen) atoms. The van der Waals surface area contributed by atoms with Gasteiger partial charge in [0.2, 0.25) is 5.15 Å². The van der Waals surface area contributed by atoms with Crippen molar-refractivity contribution in [3.8, 4) is 0 Å². The molecule has 0 bridgehead atoms. The number of hydrogen-bond acceptors (Lipinski definition) is 5. The molecule has 0 aliphatic heterocycles. The fraction of sp³-hybridized carbons (Fsp3) is 0.333. The van der Waals surface area contributed by atoms with Crippen LogP contribution in [0.25, 0.3) is 0 Å². The molecular formula is C9H9ClN2O4. The number of esters is 1. The number of hydrogen-bond donors (Lipinski definition) is 0. The number of halogens is 1. The summed E-state index contributed by atoms with van der Waals surface area (Å²) >= 11 is 5.58. The summed E-state index contributed by atoms with van der Waals surface area (Å²) in [4.78, 5) is 24.8. The van der Waals surface area contributed by atoms with Crippen molar-refractivity contribution in [2.75, 3.05) is 6.61 Å². The zero-order valence-electron chi connectivity index (χ0n) is 8.47. The van der Waals surface area contributed by atoms with Crippen LogP contribution in [0, 0.1) is 10.1 Å². The number of nitrogens with zero attached hydrogens (tertiary/aromatic N) is 2. The van der Waals surface area contributed by atoms with Crippen LogP contribution in [0.15, 0.2) is 12.3 Å². The molecule has 1 heterocycles. The Morgan fingerprint density at radius 3 is 2.94 bits per heavy atom. The van der Waals surface area contributed by atoms with Crippen molar-refractivity contribution in [1.82, 2.24) is 4.98 Å². The standard InChI is InChI=1S/C9H9ClN2O4/c1-2-16-7(13)5-6-3-4-11-9(10)8(6)12(14)15/h3-4H,2,5H2,1H3. The normalized spacial score (nSPS) is 9.88. The van der Waals surface area contributed by atoms with E-state index in [9.17, 15) is 14.9 Å². The first-order valence-corrected chi connectivity index (χ1v) is 4.87. The number of pyridine rings is 1. The molecule has 0 saturated heterocycles. The van der Waals surface area contributed by atoms with Crippen LogP contribution in [0.5, 0.6) is 0 Å². The molecule has 0 spiro atoms. The second-order valence-electron chi connectivity index (χ2n) is 2.85. The molecule has 1 aromatic heterocycles. The first kappa shape index (κ1) is 12.4. The van der Waals surface area contributed by atoms with Crippen molar-refractivity contribution in [2.45, 2.75) is 13.3 Å². The van der Waals surface area contributed by atoms with E-state index in [2.05, 4.69) is 4.98 Å². The monoisotopic (exact) mass is 244 g/mol. The van der Waals surface area contributed by atoms with Gasteiger partial charge in [0.15, 0.2) is 0 Å². The number of carbonyl (C=O) groups excluding carboxylic acids is 1. The van der Waals surface area contributed by atoms with Gasteiger partial charge in [-0.15, -0.1) is 0 Å². The Bertz CT molecular complexity index is 422. The van der Waals surface area contributed by atoms with E-state index >= 15 is 0 Å². The van der Waals surface area contributed by atoms with E-state index in [0.29, 0.717) is 0 Å².